The Morgan fingerprint density at radius 1 is 1.08 bits per heavy atom. The molecule has 0 bridgehead atoms. The van der Waals surface area contributed by atoms with Gasteiger partial charge in [0.05, 0.1) is 0 Å². The van der Waals surface area contributed by atoms with Crippen molar-refractivity contribution in [3.8, 4) is 0 Å². The average molecular weight is 169 g/mol. The number of hydrogen-bond acceptors (Lipinski definition) is 1. The maximum Gasteiger partial charge on any atom is 0.00983 e. The van der Waals surface area contributed by atoms with Crippen LogP contribution in [0.25, 0.3) is 0 Å². The maximum atomic E-state index is 3.66. The summed E-state index contributed by atoms with van der Waals surface area (Å²) in [6.07, 6.45) is 7.30. The fraction of sp³-hybridized carbons (Fsp3) is 1.00. The molecule has 1 heterocycles. The van der Waals surface area contributed by atoms with Crippen LogP contribution in [-0.4, -0.2) is 12.1 Å². The molecule has 72 valence electrons. The van der Waals surface area contributed by atoms with Crippen LogP contribution in [0.3, 0.4) is 0 Å². The number of fused-ring (bicyclic) bond motifs is 1. The molecule has 0 spiro atoms. The predicted octanol–water partition coefficient (Wildman–Crippen LogP) is 2.95. The Bertz CT molecular complexity index is 108. The number of nitrogens with one attached hydrogen (secondary N) is 1. The third-order valence-corrected chi connectivity index (χ3v) is 3.06. The molecular formula is C11H23N. The molecular weight excluding hydrogens is 146 g/mol. The van der Waals surface area contributed by atoms with Crippen LogP contribution < -0.4 is 5.32 Å². The zero-order chi connectivity index (χ0) is 8.97. The Hall–Kier alpha value is -0.0400. The highest BCUT2D eigenvalue weighted by Gasteiger charge is 2.32. The lowest BCUT2D eigenvalue weighted by molar-refractivity contribution is 0.325. The normalized spacial score (nSPS) is 39.8. The summed E-state index contributed by atoms with van der Waals surface area (Å²) in [5, 5.41) is 3.66. The Morgan fingerprint density at radius 3 is 2.42 bits per heavy atom. The molecule has 2 rings (SSSR count). The standard InChI is InChI=1S/C9H17N.C2H6/c1-7-6-8-4-2-3-5-9(8)10-7;1-2/h7-10H,2-6H2,1H3;1-2H3. The predicted molar refractivity (Wildman–Crippen MR) is 54.3 cm³/mol. The lowest BCUT2D eigenvalue weighted by atomic mass is 9.85. The third-order valence-electron chi connectivity index (χ3n) is 3.06. The molecule has 3 atom stereocenters. The molecule has 1 heteroatoms. The van der Waals surface area contributed by atoms with Crippen LogP contribution in [0.1, 0.15) is 52.9 Å². The summed E-state index contributed by atoms with van der Waals surface area (Å²) in [6.45, 7) is 6.32. The number of hydrogen-bond donors (Lipinski definition) is 1. The lowest BCUT2D eigenvalue weighted by Crippen LogP contribution is -2.31. The fourth-order valence-electron chi connectivity index (χ4n) is 2.60. The third kappa shape index (κ3) is 2.22. The van der Waals surface area contributed by atoms with Crippen LogP contribution in [0, 0.1) is 5.92 Å². The molecule has 2 aliphatic rings. The van der Waals surface area contributed by atoms with E-state index in [4.69, 9.17) is 0 Å². The molecule has 1 saturated heterocycles. The highest BCUT2D eigenvalue weighted by molar-refractivity contribution is 4.90. The maximum absolute atomic E-state index is 3.66. The second kappa shape index (κ2) is 4.86. The zero-order valence-electron chi connectivity index (χ0n) is 8.77. The first-order valence-corrected chi connectivity index (χ1v) is 5.62. The molecule has 0 aromatic carbocycles. The van der Waals surface area contributed by atoms with Crippen molar-refractivity contribution in [2.75, 3.05) is 0 Å². The van der Waals surface area contributed by atoms with E-state index < -0.39 is 0 Å². The van der Waals surface area contributed by atoms with Gasteiger partial charge < -0.3 is 5.32 Å². The van der Waals surface area contributed by atoms with E-state index >= 15 is 0 Å². The highest BCUT2D eigenvalue weighted by atomic mass is 15.0. The summed E-state index contributed by atoms with van der Waals surface area (Å²) in [5.74, 6) is 1.03. The first-order chi connectivity index (χ1) is 5.86. The summed E-state index contributed by atoms with van der Waals surface area (Å²) in [7, 11) is 0. The van der Waals surface area contributed by atoms with Gasteiger partial charge in [0.25, 0.3) is 0 Å². The van der Waals surface area contributed by atoms with E-state index in [9.17, 15) is 0 Å². The van der Waals surface area contributed by atoms with Gasteiger partial charge in [-0.15, -0.1) is 0 Å². The van der Waals surface area contributed by atoms with Crippen molar-refractivity contribution in [2.45, 2.75) is 65.0 Å². The van der Waals surface area contributed by atoms with E-state index in [2.05, 4.69) is 12.2 Å². The van der Waals surface area contributed by atoms with E-state index in [1.807, 2.05) is 13.8 Å². The van der Waals surface area contributed by atoms with Gasteiger partial charge in [-0.1, -0.05) is 26.7 Å². The van der Waals surface area contributed by atoms with E-state index in [0.717, 1.165) is 18.0 Å². The molecule has 2 fully saturated rings. The van der Waals surface area contributed by atoms with Crippen LogP contribution in [0.2, 0.25) is 0 Å². The Morgan fingerprint density at radius 2 is 1.75 bits per heavy atom. The number of rotatable bonds is 0. The lowest BCUT2D eigenvalue weighted by Gasteiger charge is -2.24. The molecule has 1 aliphatic heterocycles. The van der Waals surface area contributed by atoms with Crippen molar-refractivity contribution in [1.29, 1.82) is 0 Å². The molecule has 3 unspecified atom stereocenters. The van der Waals surface area contributed by atoms with Crippen molar-refractivity contribution >= 4 is 0 Å². The topological polar surface area (TPSA) is 12.0 Å². The Balaban J connectivity index is 0.000000336. The molecule has 1 N–H and O–H groups in total. The summed E-state index contributed by atoms with van der Waals surface area (Å²) in [4.78, 5) is 0. The van der Waals surface area contributed by atoms with Crippen LogP contribution in [-0.2, 0) is 0 Å². The minimum Gasteiger partial charge on any atom is -0.311 e. The first-order valence-electron chi connectivity index (χ1n) is 5.62. The monoisotopic (exact) mass is 169 g/mol. The van der Waals surface area contributed by atoms with Crippen LogP contribution in [0.5, 0.6) is 0 Å². The second-order valence-electron chi connectivity index (χ2n) is 3.95. The van der Waals surface area contributed by atoms with E-state index in [-0.39, 0.29) is 0 Å². The molecule has 0 amide bonds. The molecule has 1 saturated carbocycles. The quantitative estimate of drug-likeness (QED) is 0.588. The van der Waals surface area contributed by atoms with Gasteiger partial charge in [0, 0.05) is 12.1 Å². The molecule has 1 aliphatic carbocycles. The van der Waals surface area contributed by atoms with Gasteiger partial charge in [0.1, 0.15) is 0 Å². The van der Waals surface area contributed by atoms with Crippen LogP contribution >= 0.6 is 0 Å². The molecule has 0 aromatic rings. The van der Waals surface area contributed by atoms with Crippen molar-refractivity contribution in [3.05, 3.63) is 0 Å². The summed E-state index contributed by atoms with van der Waals surface area (Å²) in [6, 6.07) is 1.69. The SMILES string of the molecule is CC.CC1CC2CCCCC2N1. The molecule has 0 aromatic heterocycles. The van der Waals surface area contributed by atoms with Crippen molar-refractivity contribution in [1.82, 2.24) is 5.32 Å². The highest BCUT2D eigenvalue weighted by Crippen LogP contribution is 2.32. The van der Waals surface area contributed by atoms with Gasteiger partial charge in [-0.3, -0.25) is 0 Å². The average Bonchev–Trinajstić information content (AvgIpc) is 2.48. The van der Waals surface area contributed by atoms with E-state index in [0.29, 0.717) is 0 Å². The van der Waals surface area contributed by atoms with Gasteiger partial charge in [-0.25, -0.2) is 0 Å². The van der Waals surface area contributed by atoms with Crippen LogP contribution in [0.15, 0.2) is 0 Å². The van der Waals surface area contributed by atoms with Crippen molar-refractivity contribution in [2.24, 2.45) is 5.92 Å². The Kier molecular flexibility index (Phi) is 4.07. The molecule has 12 heavy (non-hydrogen) atoms. The van der Waals surface area contributed by atoms with Crippen LogP contribution in [0.4, 0.5) is 0 Å². The van der Waals surface area contributed by atoms with Crippen molar-refractivity contribution < 1.29 is 0 Å². The summed E-state index contributed by atoms with van der Waals surface area (Å²) >= 11 is 0. The first kappa shape index (κ1) is 10.0. The van der Waals surface area contributed by atoms with E-state index in [1.54, 1.807) is 0 Å². The van der Waals surface area contributed by atoms with Gasteiger partial charge in [0.2, 0.25) is 0 Å². The molecule has 1 nitrogen and oxygen atoms in total. The van der Waals surface area contributed by atoms with E-state index in [1.165, 1.54) is 32.1 Å². The molecule has 0 radical (unpaired) electrons. The van der Waals surface area contributed by atoms with Gasteiger partial charge in [0.15, 0.2) is 0 Å². The summed E-state index contributed by atoms with van der Waals surface area (Å²) in [5.41, 5.74) is 0. The van der Waals surface area contributed by atoms with Gasteiger partial charge >= 0.3 is 0 Å². The van der Waals surface area contributed by atoms with Gasteiger partial charge in [-0.05, 0) is 32.1 Å². The smallest absolute Gasteiger partial charge is 0.00983 e. The van der Waals surface area contributed by atoms with Gasteiger partial charge in [-0.2, -0.15) is 0 Å². The minimum atomic E-state index is 0.799. The largest absolute Gasteiger partial charge is 0.311 e. The second-order valence-corrected chi connectivity index (χ2v) is 3.95. The summed E-state index contributed by atoms with van der Waals surface area (Å²) < 4.78 is 0. The minimum absolute atomic E-state index is 0.799. The fourth-order valence-corrected chi connectivity index (χ4v) is 2.60. The Labute approximate surface area is 76.9 Å². The zero-order valence-corrected chi connectivity index (χ0v) is 8.77. The van der Waals surface area contributed by atoms with Crippen molar-refractivity contribution in [3.63, 3.8) is 0 Å².